The number of hydrogen-bond donors (Lipinski definition) is 2. The number of hydrogen-bond acceptors (Lipinski definition) is 4. The Morgan fingerprint density at radius 3 is 2.74 bits per heavy atom. The molecule has 0 fully saturated rings. The Bertz CT molecular complexity index is 793. The second-order valence-corrected chi connectivity index (χ2v) is 5.72. The zero-order valence-corrected chi connectivity index (χ0v) is 12.7. The summed E-state index contributed by atoms with van der Waals surface area (Å²) >= 11 is 5.96. The monoisotopic (exact) mass is 332 g/mol. The van der Waals surface area contributed by atoms with Gasteiger partial charge in [-0.05, 0) is 17.2 Å². The predicted octanol–water partition coefficient (Wildman–Crippen LogP) is 2.64. The zero-order chi connectivity index (χ0) is 16.6. The molecule has 0 saturated carbocycles. The van der Waals surface area contributed by atoms with Gasteiger partial charge in [0, 0.05) is 12.5 Å². The molecule has 0 spiro atoms. The van der Waals surface area contributed by atoms with E-state index in [0.29, 0.717) is 6.42 Å². The van der Waals surface area contributed by atoms with Crippen molar-refractivity contribution in [2.24, 2.45) is 0 Å². The second kappa shape index (κ2) is 5.98. The van der Waals surface area contributed by atoms with E-state index in [4.69, 9.17) is 11.6 Å². The lowest BCUT2D eigenvalue weighted by Gasteiger charge is -2.18. The molecule has 118 valence electrons. The molecule has 0 unspecified atom stereocenters. The molecule has 0 aromatic heterocycles. The molecular weight excluding hydrogens is 320 g/mol. The molecular formula is C16H13ClN2O4. The molecule has 6 nitrogen and oxygen atoms in total. The number of amides is 1. The minimum Gasteiger partial charge on any atom is -0.390 e. The number of nitrogens with zero attached hydrogens (tertiary/aromatic N) is 1. The molecule has 3 rings (SSSR count). The van der Waals surface area contributed by atoms with Crippen LogP contribution in [0.15, 0.2) is 42.5 Å². The van der Waals surface area contributed by atoms with Crippen LogP contribution in [0.25, 0.3) is 0 Å². The molecule has 0 heterocycles. The molecule has 0 radical (unpaired) electrons. The van der Waals surface area contributed by atoms with Crippen LogP contribution in [0.1, 0.15) is 27.5 Å². The van der Waals surface area contributed by atoms with Crippen molar-refractivity contribution in [1.29, 1.82) is 0 Å². The number of halogens is 1. The smallest absolute Gasteiger partial charge is 0.283 e. The maximum Gasteiger partial charge on any atom is 0.283 e. The largest absolute Gasteiger partial charge is 0.390 e. The van der Waals surface area contributed by atoms with Gasteiger partial charge in [0.1, 0.15) is 5.56 Å². The summed E-state index contributed by atoms with van der Waals surface area (Å²) in [6, 6.07) is 10.8. The van der Waals surface area contributed by atoms with E-state index in [2.05, 4.69) is 5.32 Å². The van der Waals surface area contributed by atoms with Crippen LogP contribution in [0.2, 0.25) is 5.02 Å². The van der Waals surface area contributed by atoms with Gasteiger partial charge in [0.15, 0.2) is 0 Å². The van der Waals surface area contributed by atoms with Gasteiger partial charge in [-0.25, -0.2) is 0 Å². The normalized spacial score (nSPS) is 19.2. The zero-order valence-electron chi connectivity index (χ0n) is 11.9. The van der Waals surface area contributed by atoms with E-state index in [-0.39, 0.29) is 16.3 Å². The molecule has 1 amide bonds. The molecule has 2 aromatic carbocycles. The van der Waals surface area contributed by atoms with Gasteiger partial charge in [-0.2, -0.15) is 0 Å². The van der Waals surface area contributed by atoms with Gasteiger partial charge in [-0.1, -0.05) is 41.9 Å². The molecule has 0 bridgehead atoms. The number of carbonyl (C=O) groups excluding carboxylic acids is 1. The number of carbonyl (C=O) groups is 1. The molecule has 2 aromatic rings. The van der Waals surface area contributed by atoms with E-state index in [1.54, 1.807) is 0 Å². The Balaban J connectivity index is 1.93. The van der Waals surface area contributed by atoms with Crippen LogP contribution in [-0.2, 0) is 6.42 Å². The molecule has 0 saturated heterocycles. The van der Waals surface area contributed by atoms with Crippen molar-refractivity contribution >= 4 is 23.2 Å². The average Bonchev–Trinajstić information content (AvgIpc) is 2.83. The van der Waals surface area contributed by atoms with Gasteiger partial charge >= 0.3 is 0 Å². The lowest BCUT2D eigenvalue weighted by molar-refractivity contribution is -0.385. The highest BCUT2D eigenvalue weighted by atomic mass is 35.5. The molecule has 7 heteroatoms. The van der Waals surface area contributed by atoms with Crippen molar-refractivity contribution in [2.75, 3.05) is 0 Å². The lowest BCUT2D eigenvalue weighted by Crippen LogP contribution is -2.34. The van der Waals surface area contributed by atoms with Crippen molar-refractivity contribution in [3.05, 3.63) is 74.3 Å². The topological polar surface area (TPSA) is 92.5 Å². The van der Waals surface area contributed by atoms with Crippen LogP contribution >= 0.6 is 11.6 Å². The Morgan fingerprint density at radius 1 is 1.26 bits per heavy atom. The Labute approximate surface area is 136 Å². The maximum atomic E-state index is 12.5. The van der Waals surface area contributed by atoms with E-state index >= 15 is 0 Å². The fourth-order valence-electron chi connectivity index (χ4n) is 2.85. The molecule has 1 aliphatic rings. The number of nitrogens with one attached hydrogen (secondary N) is 1. The van der Waals surface area contributed by atoms with E-state index in [0.717, 1.165) is 11.1 Å². The first-order chi connectivity index (χ1) is 11.0. The second-order valence-electron chi connectivity index (χ2n) is 5.31. The van der Waals surface area contributed by atoms with Gasteiger partial charge in [0.25, 0.3) is 11.6 Å². The number of rotatable bonds is 3. The summed E-state index contributed by atoms with van der Waals surface area (Å²) < 4.78 is 0. The van der Waals surface area contributed by atoms with Gasteiger partial charge in [-0.3, -0.25) is 14.9 Å². The fourth-order valence-corrected chi connectivity index (χ4v) is 3.11. The van der Waals surface area contributed by atoms with Crippen molar-refractivity contribution in [3.63, 3.8) is 0 Å². The summed E-state index contributed by atoms with van der Waals surface area (Å²) in [5, 5.41) is 23.9. The summed E-state index contributed by atoms with van der Waals surface area (Å²) in [5.74, 6) is -0.678. The standard InChI is InChI=1S/C16H13ClN2O4/c17-11-6-3-7-12(19(22)23)14(11)16(21)18-15-10-5-2-1-4-9(10)8-13(15)20/h1-7,13,15,20H,8H2,(H,18,21)/t13-,15+/m1/s1. The number of nitro benzene ring substituents is 1. The van der Waals surface area contributed by atoms with Gasteiger partial charge in [-0.15, -0.1) is 0 Å². The quantitative estimate of drug-likeness (QED) is 0.667. The fraction of sp³-hybridized carbons (Fsp3) is 0.188. The first-order valence-electron chi connectivity index (χ1n) is 6.98. The molecule has 1 aliphatic carbocycles. The first kappa shape index (κ1) is 15.5. The predicted molar refractivity (Wildman–Crippen MR) is 84.5 cm³/mol. The summed E-state index contributed by atoms with van der Waals surface area (Å²) in [5.41, 5.74) is 1.19. The summed E-state index contributed by atoms with van der Waals surface area (Å²) in [4.78, 5) is 22.9. The Morgan fingerprint density at radius 2 is 2.00 bits per heavy atom. The molecule has 0 aliphatic heterocycles. The van der Waals surface area contributed by atoms with Crippen molar-refractivity contribution in [1.82, 2.24) is 5.32 Å². The third kappa shape index (κ3) is 2.78. The molecule has 2 N–H and O–H groups in total. The third-order valence-electron chi connectivity index (χ3n) is 3.91. The Kier molecular flexibility index (Phi) is 4.02. The van der Waals surface area contributed by atoms with Crippen LogP contribution in [0, 0.1) is 10.1 Å². The first-order valence-corrected chi connectivity index (χ1v) is 7.36. The van der Waals surface area contributed by atoms with Gasteiger partial charge in [0.2, 0.25) is 0 Å². The number of aliphatic hydroxyl groups is 1. The van der Waals surface area contributed by atoms with Crippen molar-refractivity contribution in [2.45, 2.75) is 18.6 Å². The lowest BCUT2D eigenvalue weighted by atomic mass is 10.1. The average molecular weight is 333 g/mol. The minimum absolute atomic E-state index is 0.00234. The van der Waals surface area contributed by atoms with Crippen molar-refractivity contribution in [3.8, 4) is 0 Å². The van der Waals surface area contributed by atoms with E-state index in [1.165, 1.54) is 18.2 Å². The maximum absolute atomic E-state index is 12.5. The van der Waals surface area contributed by atoms with Gasteiger partial charge in [0.05, 0.1) is 22.1 Å². The molecule has 23 heavy (non-hydrogen) atoms. The van der Waals surface area contributed by atoms with Crippen LogP contribution in [0.5, 0.6) is 0 Å². The van der Waals surface area contributed by atoms with Crippen molar-refractivity contribution < 1.29 is 14.8 Å². The SMILES string of the molecule is O=C(N[C@H]1c2ccccc2C[C@H]1O)c1c(Cl)cccc1[N+](=O)[O-]. The molecule has 2 atom stereocenters. The van der Waals surface area contributed by atoms with Crippen LogP contribution in [-0.4, -0.2) is 22.0 Å². The highest BCUT2D eigenvalue weighted by molar-refractivity contribution is 6.34. The van der Waals surface area contributed by atoms with Gasteiger partial charge < -0.3 is 10.4 Å². The summed E-state index contributed by atoms with van der Waals surface area (Å²) in [7, 11) is 0. The minimum atomic E-state index is -0.780. The highest BCUT2D eigenvalue weighted by Gasteiger charge is 2.34. The van der Waals surface area contributed by atoms with E-state index in [1.807, 2.05) is 24.3 Å². The van der Waals surface area contributed by atoms with Crippen LogP contribution in [0.4, 0.5) is 5.69 Å². The summed E-state index contributed by atoms with van der Waals surface area (Å²) in [6.45, 7) is 0. The van der Waals surface area contributed by atoms with E-state index in [9.17, 15) is 20.0 Å². The van der Waals surface area contributed by atoms with Crippen LogP contribution in [0.3, 0.4) is 0 Å². The van der Waals surface area contributed by atoms with Crippen LogP contribution < -0.4 is 5.32 Å². The number of benzene rings is 2. The number of nitro groups is 1. The van der Waals surface area contributed by atoms with E-state index < -0.39 is 23.0 Å². The third-order valence-corrected chi connectivity index (χ3v) is 4.22. The number of aliphatic hydroxyl groups excluding tert-OH is 1. The Hall–Kier alpha value is -2.44. The summed E-state index contributed by atoms with van der Waals surface area (Å²) in [6.07, 6.45) is -0.357. The number of fused-ring (bicyclic) bond motifs is 1. The highest BCUT2D eigenvalue weighted by Crippen LogP contribution is 2.33.